The molecule has 1 saturated carbocycles. The average Bonchev–Trinajstić information content (AvgIpc) is 3.14. The van der Waals surface area contributed by atoms with Gasteiger partial charge in [0.05, 0.1) is 0 Å². The number of carbonyl (C=O) groups is 1. The lowest BCUT2D eigenvalue weighted by Crippen LogP contribution is -2.55. The Kier molecular flexibility index (Phi) is 6.70. The molecule has 1 saturated heterocycles. The van der Waals surface area contributed by atoms with Gasteiger partial charge in [0.25, 0.3) is 10.2 Å². The summed E-state index contributed by atoms with van der Waals surface area (Å²) < 4.78 is 28.6. The molecule has 7 N–H and O–H groups in total. The van der Waals surface area contributed by atoms with Crippen LogP contribution in [-0.2, 0) is 15.0 Å². The van der Waals surface area contributed by atoms with Crippen molar-refractivity contribution < 1.29 is 28.4 Å². The van der Waals surface area contributed by atoms with Gasteiger partial charge >= 0.3 is 13.1 Å². The lowest BCUT2D eigenvalue weighted by molar-refractivity contribution is -0.144. The molecule has 0 radical (unpaired) electrons. The number of rotatable bonds is 10. The minimum absolute atomic E-state index is 0.00513. The average molecular weight is 392 g/mol. The van der Waals surface area contributed by atoms with Crippen LogP contribution in [0.4, 0.5) is 0 Å². The monoisotopic (exact) mass is 392 g/mol. The zero-order valence-corrected chi connectivity index (χ0v) is 15.8. The van der Waals surface area contributed by atoms with E-state index in [1.807, 2.05) is 6.92 Å². The molecular weight excluding hydrogens is 363 g/mol. The van der Waals surface area contributed by atoms with Crippen LogP contribution in [0.25, 0.3) is 0 Å². The van der Waals surface area contributed by atoms with Gasteiger partial charge in [-0.1, -0.05) is 13.3 Å². The topological polar surface area (TPSA) is 170 Å². The van der Waals surface area contributed by atoms with Crippen LogP contribution in [0.5, 0.6) is 0 Å². The van der Waals surface area contributed by atoms with Crippen LogP contribution in [0.15, 0.2) is 0 Å². The van der Waals surface area contributed by atoms with Gasteiger partial charge in [0.1, 0.15) is 5.54 Å². The molecular formula is C14H29BN4O6S. The summed E-state index contributed by atoms with van der Waals surface area (Å²) >= 11 is 0. The Morgan fingerprint density at radius 1 is 1.42 bits per heavy atom. The van der Waals surface area contributed by atoms with Crippen molar-refractivity contribution in [2.75, 3.05) is 19.6 Å². The third-order valence-electron chi connectivity index (χ3n) is 5.24. The van der Waals surface area contributed by atoms with Crippen molar-refractivity contribution >= 4 is 23.3 Å². The Morgan fingerprint density at radius 3 is 2.50 bits per heavy atom. The Labute approximate surface area is 154 Å². The largest absolute Gasteiger partial charge is 0.480 e. The highest BCUT2D eigenvalue weighted by molar-refractivity contribution is 7.86. The summed E-state index contributed by atoms with van der Waals surface area (Å²) in [5.74, 6) is -1.86. The van der Waals surface area contributed by atoms with Crippen LogP contribution >= 0.6 is 0 Å². The molecule has 0 bridgehead atoms. The molecule has 150 valence electrons. The van der Waals surface area contributed by atoms with E-state index >= 15 is 0 Å². The van der Waals surface area contributed by atoms with Gasteiger partial charge in [-0.05, 0) is 25.6 Å². The smallest absolute Gasteiger partial charge is 0.451 e. The van der Waals surface area contributed by atoms with E-state index < -0.39 is 34.8 Å². The zero-order chi connectivity index (χ0) is 19.7. The fourth-order valence-electron chi connectivity index (χ4n) is 3.56. The van der Waals surface area contributed by atoms with Crippen LogP contribution in [0.3, 0.4) is 0 Å². The van der Waals surface area contributed by atoms with Crippen molar-refractivity contribution in [3.8, 4) is 0 Å². The molecule has 4 atom stereocenters. The van der Waals surface area contributed by atoms with Crippen molar-refractivity contribution in [2.45, 2.75) is 56.5 Å². The standard InChI is InChI=1S/C14H29BN4O6S/c1-2-6-19(12-7-11(12)16)26(24,25)18-8-10(4-3-5-15(22)23)14(17,9-18)13(20)21/h10-12,22-23H,2-9,16-17H2,1H3,(H,20,21)/t10-,11?,12?,14-/m0/s1. The van der Waals surface area contributed by atoms with E-state index in [0.29, 0.717) is 32.2 Å². The molecule has 1 aliphatic heterocycles. The highest BCUT2D eigenvalue weighted by atomic mass is 32.2. The number of hydrogen-bond acceptors (Lipinski definition) is 7. The summed E-state index contributed by atoms with van der Waals surface area (Å²) in [7, 11) is -5.35. The highest BCUT2D eigenvalue weighted by Gasteiger charge is 2.55. The van der Waals surface area contributed by atoms with Gasteiger partial charge in [-0.25, -0.2) is 0 Å². The molecule has 2 aliphatic rings. The Bertz CT molecular complexity index is 621. The van der Waals surface area contributed by atoms with Gasteiger partial charge in [-0.3, -0.25) is 4.79 Å². The van der Waals surface area contributed by atoms with Crippen LogP contribution in [0.1, 0.15) is 32.6 Å². The first kappa shape index (κ1) is 21.5. The van der Waals surface area contributed by atoms with E-state index in [9.17, 15) is 18.3 Å². The lowest BCUT2D eigenvalue weighted by Gasteiger charge is -2.28. The van der Waals surface area contributed by atoms with Crippen LogP contribution in [0.2, 0.25) is 6.32 Å². The second-order valence-electron chi connectivity index (χ2n) is 7.33. The minimum atomic E-state index is -3.87. The van der Waals surface area contributed by atoms with Gasteiger partial charge in [-0.15, -0.1) is 0 Å². The first-order chi connectivity index (χ1) is 12.0. The Morgan fingerprint density at radius 2 is 2.04 bits per heavy atom. The van der Waals surface area contributed by atoms with E-state index in [2.05, 4.69) is 0 Å². The fraction of sp³-hybridized carbons (Fsp3) is 0.929. The molecule has 0 aromatic heterocycles. The number of nitrogens with zero attached hydrogens (tertiary/aromatic N) is 2. The van der Waals surface area contributed by atoms with Crippen molar-refractivity contribution in [3.05, 3.63) is 0 Å². The van der Waals surface area contributed by atoms with E-state index in [0.717, 1.165) is 4.31 Å². The molecule has 2 unspecified atom stereocenters. The molecule has 26 heavy (non-hydrogen) atoms. The number of carboxylic acid groups (broad SMARTS) is 1. The minimum Gasteiger partial charge on any atom is -0.480 e. The third-order valence-corrected chi connectivity index (χ3v) is 7.22. The second-order valence-corrected chi connectivity index (χ2v) is 9.21. The van der Waals surface area contributed by atoms with Gasteiger partial charge in [0.15, 0.2) is 0 Å². The number of aliphatic carboxylic acids is 1. The maximum absolute atomic E-state index is 13.1. The molecule has 1 heterocycles. The number of hydrogen-bond donors (Lipinski definition) is 5. The van der Waals surface area contributed by atoms with E-state index in [4.69, 9.17) is 21.5 Å². The molecule has 2 rings (SSSR count). The Hall–Kier alpha value is -0.755. The molecule has 0 aromatic carbocycles. The summed E-state index contributed by atoms with van der Waals surface area (Å²) in [5.41, 5.74) is 10.2. The number of carboxylic acids is 1. The molecule has 12 heteroatoms. The third kappa shape index (κ3) is 4.38. The van der Waals surface area contributed by atoms with Crippen molar-refractivity contribution in [1.82, 2.24) is 8.61 Å². The van der Waals surface area contributed by atoms with Gasteiger partial charge in [0, 0.05) is 37.6 Å². The summed E-state index contributed by atoms with van der Waals surface area (Å²) in [5, 5.41) is 27.5. The highest BCUT2D eigenvalue weighted by Crippen LogP contribution is 2.36. The first-order valence-electron chi connectivity index (χ1n) is 8.95. The summed E-state index contributed by atoms with van der Waals surface area (Å²) in [6.45, 7) is 1.88. The van der Waals surface area contributed by atoms with Crippen molar-refractivity contribution in [3.63, 3.8) is 0 Å². The van der Waals surface area contributed by atoms with Crippen LogP contribution < -0.4 is 11.5 Å². The Balaban J connectivity index is 2.17. The molecule has 2 fully saturated rings. The number of nitrogens with two attached hydrogens (primary N) is 2. The predicted octanol–water partition coefficient (Wildman–Crippen LogP) is -1.99. The lowest BCUT2D eigenvalue weighted by atomic mass is 9.78. The molecule has 1 aliphatic carbocycles. The van der Waals surface area contributed by atoms with E-state index in [1.165, 1.54) is 4.31 Å². The summed E-state index contributed by atoms with van der Waals surface area (Å²) in [6, 6.07) is -0.441. The molecule has 10 nitrogen and oxygen atoms in total. The van der Waals surface area contributed by atoms with Gasteiger partial charge in [-0.2, -0.15) is 17.0 Å². The summed E-state index contributed by atoms with van der Waals surface area (Å²) in [4.78, 5) is 11.7. The fourth-order valence-corrected chi connectivity index (χ4v) is 5.60. The van der Waals surface area contributed by atoms with E-state index in [-0.39, 0.29) is 31.5 Å². The molecule has 0 amide bonds. The van der Waals surface area contributed by atoms with E-state index in [1.54, 1.807) is 0 Å². The van der Waals surface area contributed by atoms with Crippen LogP contribution in [0, 0.1) is 5.92 Å². The SMILES string of the molecule is CCCN(C1CC1N)S(=O)(=O)N1C[C@H](CCCB(O)O)[C@](N)(C(=O)O)C1. The zero-order valence-electron chi connectivity index (χ0n) is 15.0. The predicted molar refractivity (Wildman–Crippen MR) is 96.1 cm³/mol. The molecule has 0 aromatic rings. The summed E-state index contributed by atoms with van der Waals surface area (Å²) in [6.07, 6.45) is 1.94. The molecule has 0 spiro atoms. The van der Waals surface area contributed by atoms with Crippen molar-refractivity contribution in [2.24, 2.45) is 17.4 Å². The van der Waals surface area contributed by atoms with Gasteiger partial charge < -0.3 is 26.6 Å². The van der Waals surface area contributed by atoms with Crippen LogP contribution in [-0.4, -0.2) is 82.5 Å². The quantitative estimate of drug-likeness (QED) is 0.266. The first-order valence-corrected chi connectivity index (χ1v) is 10.3. The maximum Gasteiger partial charge on any atom is 0.451 e. The normalized spacial score (nSPS) is 32.2. The van der Waals surface area contributed by atoms with Crippen molar-refractivity contribution in [1.29, 1.82) is 0 Å². The maximum atomic E-state index is 13.1. The second kappa shape index (κ2) is 8.09. The van der Waals surface area contributed by atoms with Gasteiger partial charge in [0.2, 0.25) is 0 Å².